The second-order valence-electron chi connectivity index (χ2n) is 38.7. The van der Waals surface area contributed by atoms with E-state index in [4.69, 9.17) is 56.8 Å². The quantitative estimate of drug-likeness (QED) is 0.0267. The van der Waals surface area contributed by atoms with E-state index < -0.39 is 0 Å². The van der Waals surface area contributed by atoms with Crippen molar-refractivity contribution < 1.29 is 56.8 Å². The molecule has 0 bridgehead atoms. The largest absolute Gasteiger partial charge is 0.490 e. The summed E-state index contributed by atoms with van der Waals surface area (Å²) in [4.78, 5) is 0. The molecule has 0 aromatic heterocycles. The third kappa shape index (κ3) is 35.7. The van der Waals surface area contributed by atoms with Crippen molar-refractivity contribution in [3.63, 3.8) is 0 Å². The summed E-state index contributed by atoms with van der Waals surface area (Å²) in [6.45, 7) is 34.4. The average molecular weight is 1890 g/mol. The fourth-order valence-electron chi connectivity index (χ4n) is 18.5. The van der Waals surface area contributed by atoms with Gasteiger partial charge in [0, 0.05) is 0 Å². The van der Waals surface area contributed by atoms with Crippen molar-refractivity contribution in [1.29, 1.82) is 0 Å². The molecule has 0 aliphatic rings. The lowest BCUT2D eigenvalue weighted by Crippen LogP contribution is -2.04. The predicted molar refractivity (Wildman–Crippen MR) is 587 cm³/mol. The molecule has 0 amide bonds. The van der Waals surface area contributed by atoms with Crippen molar-refractivity contribution >= 4 is 32.3 Å². The monoisotopic (exact) mass is 1890 g/mol. The minimum atomic E-state index is 0.579. The Morgan fingerprint density at radius 2 is 0.225 bits per heavy atom. The molecule has 0 N–H and O–H groups in total. The molecule has 0 spiro atoms. The van der Waals surface area contributed by atoms with Crippen molar-refractivity contribution in [3.8, 4) is 136 Å². The third-order valence-corrected chi connectivity index (χ3v) is 26.9. The van der Waals surface area contributed by atoms with Crippen LogP contribution in [0.5, 0.6) is 69.0 Å². The summed E-state index contributed by atoms with van der Waals surface area (Å²) in [7, 11) is 0. The van der Waals surface area contributed by atoms with Gasteiger partial charge in [0.05, 0.1) is 79.3 Å². The van der Waals surface area contributed by atoms with Crippen molar-refractivity contribution in [3.05, 3.63) is 146 Å². The van der Waals surface area contributed by atoms with Gasteiger partial charge in [-0.1, -0.05) is 351 Å². The summed E-state index contributed by atoms with van der Waals surface area (Å²) in [5.41, 5.74) is 12.4. The van der Waals surface area contributed by atoms with Gasteiger partial charge in [0.2, 0.25) is 0 Å². The summed E-state index contributed by atoms with van der Waals surface area (Å²) in [5.74, 6) is 9.13. The Morgan fingerprint density at radius 3 is 0.333 bits per heavy atom. The molecule has 12 heteroatoms. The zero-order chi connectivity index (χ0) is 97.2. The topological polar surface area (TPSA) is 111 Å². The molecule has 756 valence electrons. The third-order valence-electron chi connectivity index (χ3n) is 26.9. The number of fused-ring (bicyclic) bond motifs is 6. The predicted octanol–water partition coefficient (Wildman–Crippen LogP) is 38.7. The SMILES string of the molecule is CCCCCCOc1ccc(-c2cc3c4cc(-c5ccc(OCCCCCC)c(OCCCCCC)c5)c(-c5ccc(OCCCCCC)c(OCCCCCC)c5)cc4c4cc(-c5ccc(OCCCCCC)c(OCCCCCC)c5)c(-c5ccc(OCCCCCC)c(OCCCCCC)c5)cc4c3cc2-c2ccc(OCCCCCC)c(OCCCCCC)c2)cc1OCCCCCC. The van der Waals surface area contributed by atoms with Gasteiger partial charge in [0.25, 0.3) is 0 Å². The van der Waals surface area contributed by atoms with E-state index >= 15 is 0 Å². The maximum Gasteiger partial charge on any atom is 0.161 e. The maximum absolute atomic E-state index is 7.09. The van der Waals surface area contributed by atoms with Gasteiger partial charge in [-0.2, -0.15) is 0 Å². The smallest absolute Gasteiger partial charge is 0.161 e. The number of rotatable bonds is 78. The van der Waals surface area contributed by atoms with Gasteiger partial charge in [-0.25, -0.2) is 0 Å². The molecule has 0 aliphatic heterocycles. The fourth-order valence-corrected chi connectivity index (χ4v) is 18.5. The molecule has 10 aromatic rings. The van der Waals surface area contributed by atoms with Crippen LogP contribution in [0.3, 0.4) is 0 Å². The van der Waals surface area contributed by atoms with E-state index in [2.05, 4.69) is 229 Å². The number of ether oxygens (including phenoxy) is 12. The van der Waals surface area contributed by atoms with Gasteiger partial charge < -0.3 is 56.8 Å². The van der Waals surface area contributed by atoms with Crippen LogP contribution in [0.2, 0.25) is 0 Å². The Morgan fingerprint density at radius 1 is 0.116 bits per heavy atom. The van der Waals surface area contributed by atoms with E-state index in [9.17, 15) is 0 Å². The first-order chi connectivity index (χ1) is 68.1. The Hall–Kier alpha value is -9.42. The van der Waals surface area contributed by atoms with Crippen LogP contribution in [-0.4, -0.2) is 79.3 Å². The first kappa shape index (κ1) is 111. The molecule has 10 aromatic carbocycles. The molecule has 10 rings (SSSR count). The average Bonchev–Trinajstić information content (AvgIpc) is 0.709. The summed E-state index contributed by atoms with van der Waals surface area (Å²) >= 11 is 0. The molecule has 0 fully saturated rings. The highest BCUT2D eigenvalue weighted by molar-refractivity contribution is 6.29. The Labute approximate surface area is 835 Å². The molecule has 0 saturated heterocycles. The zero-order valence-electron chi connectivity index (χ0n) is 88.2. The van der Waals surface area contributed by atoms with Crippen molar-refractivity contribution in [2.45, 2.75) is 391 Å². The normalized spacial score (nSPS) is 11.5. The second-order valence-corrected chi connectivity index (χ2v) is 38.7. The Balaban J connectivity index is 1.42. The van der Waals surface area contributed by atoms with E-state index in [-0.39, 0.29) is 0 Å². The highest BCUT2D eigenvalue weighted by Gasteiger charge is 2.27. The van der Waals surface area contributed by atoms with Gasteiger partial charge in [-0.3, -0.25) is 0 Å². The number of hydrogen-bond donors (Lipinski definition) is 0. The first-order valence-electron chi connectivity index (χ1n) is 56.0. The first-order valence-corrected chi connectivity index (χ1v) is 56.0. The number of benzene rings is 10. The molecular weight excluding hydrogens is 1710 g/mol. The summed E-state index contributed by atoms with van der Waals surface area (Å²) in [6, 6.07) is 55.4. The van der Waals surface area contributed by atoms with Gasteiger partial charge in [0.15, 0.2) is 69.0 Å². The molecule has 0 unspecified atom stereocenters. The molecule has 0 saturated carbocycles. The minimum absolute atomic E-state index is 0.579. The number of hydrogen-bond acceptors (Lipinski definition) is 12. The van der Waals surface area contributed by atoms with Gasteiger partial charge in [0.1, 0.15) is 0 Å². The van der Waals surface area contributed by atoms with Crippen LogP contribution in [0, 0.1) is 0 Å². The molecule has 0 atom stereocenters. The highest BCUT2D eigenvalue weighted by Crippen LogP contribution is 2.52. The Kier molecular flexibility index (Phi) is 52.5. The van der Waals surface area contributed by atoms with Crippen LogP contribution < -0.4 is 56.8 Å². The molecule has 0 heterocycles. The number of unbranched alkanes of at least 4 members (excludes halogenated alkanes) is 36. The molecule has 0 radical (unpaired) electrons. The Bertz CT molecular complexity index is 4240. The van der Waals surface area contributed by atoms with E-state index in [0.29, 0.717) is 79.3 Å². The molecule has 138 heavy (non-hydrogen) atoms. The molecule has 12 nitrogen and oxygen atoms in total. The maximum atomic E-state index is 7.09. The van der Waals surface area contributed by atoms with Crippen LogP contribution in [0.25, 0.3) is 99.1 Å². The lowest BCUT2D eigenvalue weighted by molar-refractivity contribution is 0.259. The molecular formula is C126H180O12. The van der Waals surface area contributed by atoms with Crippen LogP contribution in [0.4, 0.5) is 0 Å². The fraction of sp³-hybridized carbons (Fsp3) is 0.571. The van der Waals surface area contributed by atoms with Gasteiger partial charge in [-0.15, -0.1) is 0 Å². The van der Waals surface area contributed by atoms with Crippen molar-refractivity contribution in [2.75, 3.05) is 79.3 Å². The van der Waals surface area contributed by atoms with Crippen LogP contribution in [0.15, 0.2) is 146 Å². The van der Waals surface area contributed by atoms with Crippen LogP contribution in [-0.2, 0) is 0 Å². The van der Waals surface area contributed by atoms with E-state index in [1.807, 2.05) is 0 Å². The van der Waals surface area contributed by atoms with E-state index in [1.165, 1.54) is 38.5 Å². The zero-order valence-corrected chi connectivity index (χ0v) is 88.2. The van der Waals surface area contributed by atoms with Gasteiger partial charge >= 0.3 is 0 Å². The standard InChI is InChI=1S/C126H180O12/c1-13-25-37-49-73-127-115-67-61-97(85-121(115)133-79-55-43-31-19-7)103-91-109-110(92-104(103)98-62-68-116(128-74-50-38-26-14-2)122(86-98)134-80-56-44-32-20-8)112-94-106(100-64-70-118(130-76-52-40-28-16-4)124(88-100)136-82-58-46-34-22-10)108(102-66-72-120(132-78-54-42-30-18-6)126(90-102)138-84-60-48-36-24-12)96-114(112)113-95-107(101-65-71-119(131-77-53-41-29-17-5)125(89-101)137-83-59-47-35-23-11)105(93-111(109)113)99-63-69-117(129-75-51-39-27-15-3)123(87-99)135-81-57-45-33-21-9/h61-72,85-96H,13-60,73-84H2,1-12H3. The lowest BCUT2D eigenvalue weighted by Gasteiger charge is -2.23. The minimum Gasteiger partial charge on any atom is -0.490 e. The second kappa shape index (κ2) is 65.6. The summed E-state index contributed by atoms with van der Waals surface area (Å²) in [6.07, 6.45) is 52.4. The van der Waals surface area contributed by atoms with E-state index in [0.717, 1.165) is 438 Å². The van der Waals surface area contributed by atoms with E-state index in [1.54, 1.807) is 0 Å². The lowest BCUT2D eigenvalue weighted by atomic mass is 9.82. The van der Waals surface area contributed by atoms with Crippen molar-refractivity contribution in [2.24, 2.45) is 0 Å². The van der Waals surface area contributed by atoms with Crippen molar-refractivity contribution in [1.82, 2.24) is 0 Å². The van der Waals surface area contributed by atoms with Crippen LogP contribution in [0.1, 0.15) is 391 Å². The summed E-state index contributed by atoms with van der Waals surface area (Å²) in [5, 5.41) is 6.53. The van der Waals surface area contributed by atoms with Gasteiger partial charge in [-0.05, 0) is 285 Å². The highest BCUT2D eigenvalue weighted by atomic mass is 16.5. The van der Waals surface area contributed by atoms with Crippen LogP contribution >= 0.6 is 0 Å². The molecule has 0 aliphatic carbocycles. The summed E-state index contributed by atoms with van der Waals surface area (Å²) < 4.78 is 83.8.